The number of rotatable bonds is 6. The largest absolute Gasteiger partial charge is 0.477 e. The molecule has 0 radical (unpaired) electrons. The number of carboxylic acids is 1. The zero-order valence-electron chi connectivity index (χ0n) is 11.8. The van der Waals surface area contributed by atoms with E-state index in [4.69, 9.17) is 0 Å². The van der Waals surface area contributed by atoms with Gasteiger partial charge in [-0.15, -0.1) is 23.1 Å². The zero-order valence-corrected chi connectivity index (χ0v) is 13.4. The van der Waals surface area contributed by atoms with Gasteiger partial charge in [-0.3, -0.25) is 0 Å². The molecule has 1 N–H and O–H groups in total. The molecule has 0 saturated heterocycles. The quantitative estimate of drug-likeness (QED) is 0.796. The molecular weight excluding hydrogens is 309 g/mol. The monoisotopic (exact) mass is 325 g/mol. The zero-order chi connectivity index (χ0) is 15.4. The molecule has 0 aliphatic carbocycles. The number of aromatic nitrogens is 1. The van der Waals surface area contributed by atoms with Gasteiger partial charge in [-0.05, 0) is 36.6 Å². The summed E-state index contributed by atoms with van der Waals surface area (Å²) in [5, 5.41) is 10.0. The Kier molecular flexibility index (Phi) is 5.36. The number of thiazole rings is 1. The number of hydrogen-bond donors (Lipinski definition) is 1. The van der Waals surface area contributed by atoms with Gasteiger partial charge in [0, 0.05) is 4.90 Å². The van der Waals surface area contributed by atoms with Crippen molar-refractivity contribution in [3.63, 3.8) is 0 Å². The number of carboxylic acid groups (broad SMARTS) is 1. The van der Waals surface area contributed by atoms with Crippen molar-refractivity contribution in [3.05, 3.63) is 45.7 Å². The molecule has 2 rings (SSSR count). The molecule has 6 heteroatoms. The van der Waals surface area contributed by atoms with Gasteiger partial charge in [0.25, 0.3) is 0 Å². The first-order valence-electron chi connectivity index (χ1n) is 6.56. The molecule has 0 aliphatic heterocycles. The van der Waals surface area contributed by atoms with Gasteiger partial charge in [-0.1, -0.05) is 13.8 Å². The maximum Gasteiger partial charge on any atom is 0.347 e. The second kappa shape index (κ2) is 7.04. The summed E-state index contributed by atoms with van der Waals surface area (Å²) in [6.45, 7) is 4.08. The lowest BCUT2D eigenvalue weighted by atomic mass is 10.1. The van der Waals surface area contributed by atoms with Crippen LogP contribution in [0.15, 0.2) is 29.2 Å². The highest BCUT2D eigenvalue weighted by atomic mass is 32.2. The number of carbonyl (C=O) groups is 1. The van der Waals surface area contributed by atoms with Crippen molar-refractivity contribution in [1.82, 2.24) is 4.98 Å². The van der Waals surface area contributed by atoms with Crippen LogP contribution in [0.1, 0.15) is 34.2 Å². The molecule has 0 unspecified atom stereocenters. The summed E-state index contributed by atoms with van der Waals surface area (Å²) in [5.74, 6) is -0.223. The Morgan fingerprint density at radius 2 is 2.05 bits per heavy atom. The minimum absolute atomic E-state index is 0.263. The number of aromatic carboxylic acids is 1. The van der Waals surface area contributed by atoms with E-state index in [1.807, 2.05) is 13.8 Å². The van der Waals surface area contributed by atoms with Gasteiger partial charge < -0.3 is 5.11 Å². The molecule has 21 heavy (non-hydrogen) atoms. The van der Waals surface area contributed by atoms with E-state index in [1.54, 1.807) is 12.1 Å². The highest BCUT2D eigenvalue weighted by Crippen LogP contribution is 2.28. The Morgan fingerprint density at radius 1 is 1.38 bits per heavy atom. The number of thioether (sulfide) groups is 1. The van der Waals surface area contributed by atoms with Crippen molar-refractivity contribution in [2.75, 3.05) is 0 Å². The predicted molar refractivity (Wildman–Crippen MR) is 83.6 cm³/mol. The molecule has 0 saturated carbocycles. The predicted octanol–water partition coefficient (Wildman–Crippen LogP) is 4.47. The summed E-state index contributed by atoms with van der Waals surface area (Å²) < 4.78 is 12.8. The molecular formula is C15H16FNO2S2. The van der Waals surface area contributed by atoms with Crippen LogP contribution in [0.25, 0.3) is 0 Å². The average molecular weight is 325 g/mol. The van der Waals surface area contributed by atoms with E-state index in [1.165, 1.54) is 35.2 Å². The summed E-state index contributed by atoms with van der Waals surface area (Å²) in [4.78, 5) is 17.0. The van der Waals surface area contributed by atoms with E-state index in [9.17, 15) is 14.3 Å². The first-order chi connectivity index (χ1) is 9.95. The highest BCUT2D eigenvalue weighted by molar-refractivity contribution is 7.98. The van der Waals surface area contributed by atoms with E-state index in [0.29, 0.717) is 28.7 Å². The van der Waals surface area contributed by atoms with Crippen LogP contribution < -0.4 is 0 Å². The molecule has 0 spiro atoms. The first kappa shape index (κ1) is 16.0. The molecule has 1 aromatic carbocycles. The van der Waals surface area contributed by atoms with E-state index in [0.717, 1.165) is 9.90 Å². The van der Waals surface area contributed by atoms with Crippen molar-refractivity contribution in [1.29, 1.82) is 0 Å². The third-order valence-electron chi connectivity index (χ3n) is 2.71. The second-order valence-corrected chi connectivity index (χ2v) is 7.16. The highest BCUT2D eigenvalue weighted by Gasteiger charge is 2.18. The van der Waals surface area contributed by atoms with Crippen molar-refractivity contribution in [2.45, 2.75) is 30.9 Å². The second-order valence-electron chi connectivity index (χ2n) is 5.03. The van der Waals surface area contributed by atoms with Crippen molar-refractivity contribution >= 4 is 29.1 Å². The standard InChI is InChI=1S/C15H16FNO2S2/c1-9(2)7-12-14(15(18)19)21-13(17-12)8-20-11-5-3-10(16)4-6-11/h3-6,9H,7-8H2,1-2H3,(H,18,19). The Bertz CT molecular complexity index is 623. The van der Waals surface area contributed by atoms with E-state index < -0.39 is 5.97 Å². The lowest BCUT2D eigenvalue weighted by Crippen LogP contribution is -2.02. The van der Waals surface area contributed by atoms with Crippen LogP contribution in [0.4, 0.5) is 4.39 Å². The average Bonchev–Trinajstić information content (AvgIpc) is 2.80. The fourth-order valence-electron chi connectivity index (χ4n) is 1.83. The van der Waals surface area contributed by atoms with Gasteiger partial charge >= 0.3 is 5.97 Å². The summed E-state index contributed by atoms with van der Waals surface area (Å²) in [6, 6.07) is 6.25. The molecule has 0 amide bonds. The normalized spacial score (nSPS) is 11.0. The van der Waals surface area contributed by atoms with Crippen LogP contribution in [-0.2, 0) is 12.2 Å². The van der Waals surface area contributed by atoms with E-state index in [-0.39, 0.29) is 5.82 Å². The van der Waals surface area contributed by atoms with Crippen LogP contribution in [0, 0.1) is 11.7 Å². The lowest BCUT2D eigenvalue weighted by molar-refractivity contribution is 0.0700. The van der Waals surface area contributed by atoms with Crippen molar-refractivity contribution in [2.24, 2.45) is 5.92 Å². The molecule has 2 aromatic rings. The molecule has 1 aromatic heterocycles. The minimum Gasteiger partial charge on any atom is -0.477 e. The summed E-state index contributed by atoms with van der Waals surface area (Å²) in [5.41, 5.74) is 0.664. The third-order valence-corrected chi connectivity index (χ3v) is 5.01. The number of hydrogen-bond acceptors (Lipinski definition) is 4. The lowest BCUT2D eigenvalue weighted by Gasteiger charge is -2.01. The van der Waals surface area contributed by atoms with Gasteiger partial charge in [0.05, 0.1) is 11.4 Å². The van der Waals surface area contributed by atoms with Gasteiger partial charge in [-0.25, -0.2) is 14.2 Å². The van der Waals surface area contributed by atoms with Gasteiger partial charge in [0.2, 0.25) is 0 Å². The molecule has 0 aliphatic rings. The summed E-state index contributed by atoms with van der Waals surface area (Å²) in [6.07, 6.45) is 0.666. The number of benzene rings is 1. The fourth-order valence-corrected chi connectivity index (χ4v) is 3.65. The van der Waals surface area contributed by atoms with Gasteiger partial charge in [-0.2, -0.15) is 0 Å². The summed E-state index contributed by atoms with van der Waals surface area (Å²) in [7, 11) is 0. The van der Waals surface area contributed by atoms with Crippen LogP contribution >= 0.6 is 23.1 Å². The Labute approximate surface area is 131 Å². The SMILES string of the molecule is CC(C)Cc1nc(CSc2ccc(F)cc2)sc1C(=O)O. The molecule has 3 nitrogen and oxygen atoms in total. The van der Waals surface area contributed by atoms with Crippen LogP contribution in [0.3, 0.4) is 0 Å². The number of nitrogens with zero attached hydrogens (tertiary/aromatic N) is 1. The Morgan fingerprint density at radius 3 is 2.62 bits per heavy atom. The smallest absolute Gasteiger partial charge is 0.347 e. The Hall–Kier alpha value is -1.40. The van der Waals surface area contributed by atoms with Crippen LogP contribution in [-0.4, -0.2) is 16.1 Å². The maximum atomic E-state index is 12.8. The molecule has 0 bridgehead atoms. The fraction of sp³-hybridized carbons (Fsp3) is 0.333. The first-order valence-corrected chi connectivity index (χ1v) is 8.36. The molecule has 1 heterocycles. The Balaban J connectivity index is 2.09. The van der Waals surface area contributed by atoms with Crippen LogP contribution in [0.2, 0.25) is 0 Å². The van der Waals surface area contributed by atoms with E-state index >= 15 is 0 Å². The topological polar surface area (TPSA) is 50.2 Å². The summed E-state index contributed by atoms with van der Waals surface area (Å²) >= 11 is 2.75. The number of halogens is 1. The van der Waals surface area contributed by atoms with Gasteiger partial charge in [0.1, 0.15) is 15.7 Å². The van der Waals surface area contributed by atoms with Crippen molar-refractivity contribution in [3.8, 4) is 0 Å². The van der Waals surface area contributed by atoms with Crippen LogP contribution in [0.5, 0.6) is 0 Å². The minimum atomic E-state index is -0.916. The van der Waals surface area contributed by atoms with Crippen molar-refractivity contribution < 1.29 is 14.3 Å². The van der Waals surface area contributed by atoms with Gasteiger partial charge in [0.15, 0.2) is 0 Å². The molecule has 0 fully saturated rings. The third kappa shape index (κ3) is 4.54. The van der Waals surface area contributed by atoms with E-state index in [2.05, 4.69) is 4.98 Å². The molecule has 112 valence electrons. The molecule has 0 atom stereocenters. The maximum absolute atomic E-state index is 12.8.